The lowest BCUT2D eigenvalue weighted by Crippen LogP contribution is -2.50. The molecule has 5 heteroatoms. The lowest BCUT2D eigenvalue weighted by molar-refractivity contribution is 0.101. The van der Waals surface area contributed by atoms with E-state index in [0.29, 0.717) is 12.6 Å². The van der Waals surface area contributed by atoms with Crippen molar-refractivity contribution in [2.75, 3.05) is 12.8 Å². The second-order valence-electron chi connectivity index (χ2n) is 7.28. The molecule has 1 fully saturated rings. The van der Waals surface area contributed by atoms with Crippen LogP contribution in [0.15, 0.2) is 60.7 Å². The van der Waals surface area contributed by atoms with E-state index in [9.17, 15) is 8.42 Å². The van der Waals surface area contributed by atoms with Gasteiger partial charge in [0.25, 0.3) is 0 Å². The normalized spacial score (nSPS) is 21.8. The van der Waals surface area contributed by atoms with Crippen molar-refractivity contribution >= 4 is 10.0 Å². The predicted octanol–water partition coefficient (Wildman–Crippen LogP) is 3.50. The largest absolute Gasteiger partial charge is 0.292 e. The highest BCUT2D eigenvalue weighted by Crippen LogP contribution is 2.26. The van der Waals surface area contributed by atoms with Crippen LogP contribution in [0.5, 0.6) is 0 Å². The van der Waals surface area contributed by atoms with Crippen LogP contribution >= 0.6 is 0 Å². The second kappa shape index (κ2) is 8.33. The molecule has 140 valence electrons. The summed E-state index contributed by atoms with van der Waals surface area (Å²) < 4.78 is 25.6. The monoisotopic (exact) mass is 372 g/mol. The van der Waals surface area contributed by atoms with Crippen LogP contribution in [-0.2, 0) is 23.1 Å². The van der Waals surface area contributed by atoms with Crippen LogP contribution < -0.4 is 0 Å². The molecule has 0 aromatic heterocycles. The summed E-state index contributed by atoms with van der Waals surface area (Å²) in [6.45, 7) is 4.39. The number of piperidine rings is 1. The van der Waals surface area contributed by atoms with Crippen molar-refractivity contribution in [3.05, 3.63) is 71.8 Å². The quantitative estimate of drug-likeness (QED) is 0.779. The highest BCUT2D eigenvalue weighted by molar-refractivity contribution is 7.88. The molecule has 1 aliphatic rings. The van der Waals surface area contributed by atoms with Gasteiger partial charge in [-0.2, -0.15) is 4.31 Å². The zero-order chi connectivity index (χ0) is 18.6. The Morgan fingerprint density at radius 1 is 0.962 bits per heavy atom. The molecule has 0 aliphatic carbocycles. The molecule has 2 unspecified atom stereocenters. The van der Waals surface area contributed by atoms with Gasteiger partial charge in [-0.25, -0.2) is 8.42 Å². The number of benzene rings is 2. The Bertz CT molecular complexity index is 752. The molecule has 2 aromatic carbocycles. The van der Waals surface area contributed by atoms with Gasteiger partial charge >= 0.3 is 0 Å². The first-order valence-electron chi connectivity index (χ1n) is 9.22. The molecule has 1 saturated heterocycles. The third-order valence-corrected chi connectivity index (χ3v) is 6.58. The Kier molecular flexibility index (Phi) is 6.12. The van der Waals surface area contributed by atoms with Crippen LogP contribution in [0.4, 0.5) is 0 Å². The van der Waals surface area contributed by atoms with Crippen LogP contribution in [0.2, 0.25) is 0 Å². The summed E-state index contributed by atoms with van der Waals surface area (Å²) in [6.07, 6.45) is 3.05. The van der Waals surface area contributed by atoms with Gasteiger partial charge in [-0.05, 0) is 30.9 Å². The van der Waals surface area contributed by atoms with Gasteiger partial charge in [-0.1, -0.05) is 60.7 Å². The molecule has 1 aliphatic heterocycles. The molecule has 2 aromatic rings. The van der Waals surface area contributed by atoms with Gasteiger partial charge in [-0.3, -0.25) is 4.90 Å². The average molecular weight is 373 g/mol. The van der Waals surface area contributed by atoms with Crippen LogP contribution in [-0.4, -0.2) is 42.5 Å². The van der Waals surface area contributed by atoms with Crippen molar-refractivity contribution in [3.8, 4) is 0 Å². The highest BCUT2D eigenvalue weighted by atomic mass is 32.2. The summed E-state index contributed by atoms with van der Waals surface area (Å²) in [5.41, 5.74) is 2.59. The first kappa shape index (κ1) is 19.1. The van der Waals surface area contributed by atoms with Crippen LogP contribution in [0.25, 0.3) is 0 Å². The number of hydrogen-bond acceptors (Lipinski definition) is 3. The van der Waals surface area contributed by atoms with E-state index in [4.69, 9.17) is 0 Å². The molecule has 0 radical (unpaired) electrons. The van der Waals surface area contributed by atoms with E-state index >= 15 is 0 Å². The molecule has 1 heterocycles. The van der Waals surface area contributed by atoms with Crippen molar-refractivity contribution in [2.24, 2.45) is 0 Å². The summed E-state index contributed by atoms with van der Waals surface area (Å²) in [6, 6.07) is 21.4. The average Bonchev–Trinajstić information content (AvgIpc) is 2.62. The minimum Gasteiger partial charge on any atom is -0.292 e. The predicted molar refractivity (Wildman–Crippen MR) is 106 cm³/mol. The van der Waals surface area contributed by atoms with Gasteiger partial charge in [0.05, 0.1) is 6.26 Å². The fourth-order valence-corrected chi connectivity index (χ4v) is 5.08. The van der Waals surface area contributed by atoms with Gasteiger partial charge in [0.2, 0.25) is 10.0 Å². The maximum absolute atomic E-state index is 12.0. The molecule has 0 saturated carbocycles. The van der Waals surface area contributed by atoms with E-state index in [1.54, 1.807) is 4.31 Å². The summed E-state index contributed by atoms with van der Waals surface area (Å²) in [4.78, 5) is 2.50. The molecule has 26 heavy (non-hydrogen) atoms. The molecule has 0 N–H and O–H groups in total. The molecule has 0 amide bonds. The van der Waals surface area contributed by atoms with Crippen LogP contribution in [0, 0.1) is 0 Å². The zero-order valence-corrected chi connectivity index (χ0v) is 16.4. The Labute approximate surface area is 157 Å². The summed E-state index contributed by atoms with van der Waals surface area (Å²) in [5, 5.41) is 0. The number of nitrogens with zero attached hydrogens (tertiary/aromatic N) is 2. The van der Waals surface area contributed by atoms with Crippen LogP contribution in [0.1, 0.15) is 30.9 Å². The number of sulfonamides is 1. The molecule has 4 nitrogen and oxygen atoms in total. The van der Waals surface area contributed by atoms with Crippen molar-refractivity contribution in [2.45, 2.75) is 44.9 Å². The van der Waals surface area contributed by atoms with Gasteiger partial charge in [-0.15, -0.1) is 0 Å². The fourth-order valence-electron chi connectivity index (χ4n) is 3.90. The lowest BCUT2D eigenvalue weighted by Gasteiger charge is -2.41. The van der Waals surface area contributed by atoms with Gasteiger partial charge < -0.3 is 0 Å². The first-order chi connectivity index (χ1) is 12.4. The number of hydrogen-bond donors (Lipinski definition) is 0. The van der Waals surface area contributed by atoms with E-state index in [1.807, 2.05) is 19.1 Å². The standard InChI is InChI=1S/C21H28N2O2S/c1-18-15-21(13-14-23(18)26(2,24)25)22(16-19-9-5-3-6-10-19)17-20-11-7-4-8-12-20/h3-12,18,21H,13-17H2,1-2H3. The third-order valence-electron chi connectivity index (χ3n) is 5.19. The van der Waals surface area contributed by atoms with Crippen molar-refractivity contribution in [1.29, 1.82) is 0 Å². The van der Waals surface area contributed by atoms with Gasteiger partial charge in [0, 0.05) is 31.7 Å². The summed E-state index contributed by atoms with van der Waals surface area (Å²) in [5.74, 6) is 0. The molecule has 2 atom stereocenters. The van der Waals surface area contributed by atoms with Crippen molar-refractivity contribution in [1.82, 2.24) is 9.21 Å². The van der Waals surface area contributed by atoms with E-state index in [2.05, 4.69) is 53.4 Å². The molecular formula is C21H28N2O2S. The van der Waals surface area contributed by atoms with E-state index in [-0.39, 0.29) is 6.04 Å². The van der Waals surface area contributed by atoms with Crippen molar-refractivity contribution < 1.29 is 8.42 Å². The molecule has 0 spiro atoms. The minimum absolute atomic E-state index is 0.0396. The zero-order valence-electron chi connectivity index (χ0n) is 15.6. The highest BCUT2D eigenvalue weighted by Gasteiger charge is 2.33. The Morgan fingerprint density at radius 2 is 1.46 bits per heavy atom. The van der Waals surface area contributed by atoms with E-state index in [0.717, 1.165) is 25.9 Å². The molecular weight excluding hydrogens is 344 g/mol. The van der Waals surface area contributed by atoms with Gasteiger partial charge in [0.15, 0.2) is 0 Å². The minimum atomic E-state index is -3.13. The van der Waals surface area contributed by atoms with Crippen molar-refractivity contribution in [3.63, 3.8) is 0 Å². The smallest absolute Gasteiger partial charge is 0.211 e. The molecule has 0 bridgehead atoms. The topological polar surface area (TPSA) is 40.6 Å². The SMILES string of the molecule is CC1CC(N(Cc2ccccc2)Cc2ccccc2)CCN1S(C)(=O)=O. The lowest BCUT2D eigenvalue weighted by atomic mass is 9.97. The Balaban J connectivity index is 1.77. The number of rotatable bonds is 6. The van der Waals surface area contributed by atoms with Gasteiger partial charge in [0.1, 0.15) is 0 Å². The van der Waals surface area contributed by atoms with E-state index < -0.39 is 10.0 Å². The van der Waals surface area contributed by atoms with Crippen LogP contribution in [0.3, 0.4) is 0 Å². The maximum atomic E-state index is 12.0. The fraction of sp³-hybridized carbons (Fsp3) is 0.429. The maximum Gasteiger partial charge on any atom is 0.211 e. The second-order valence-corrected chi connectivity index (χ2v) is 9.21. The van der Waals surface area contributed by atoms with E-state index in [1.165, 1.54) is 17.4 Å². The molecule has 3 rings (SSSR count). The summed E-state index contributed by atoms with van der Waals surface area (Å²) in [7, 11) is -3.13. The third kappa shape index (κ3) is 4.93. The first-order valence-corrected chi connectivity index (χ1v) is 11.1. The Morgan fingerprint density at radius 3 is 1.88 bits per heavy atom. The Hall–Kier alpha value is -1.69. The summed E-state index contributed by atoms with van der Waals surface area (Å²) >= 11 is 0.